The maximum Gasteiger partial charge on any atom is 0.0963 e. The molecule has 2 aliphatic heterocycles. The monoisotopic (exact) mass is 226 g/mol. The summed E-state index contributed by atoms with van der Waals surface area (Å²) in [7, 11) is 0. The normalized spacial score (nSPS) is 28.0. The van der Waals surface area contributed by atoms with Crippen LogP contribution in [0.3, 0.4) is 0 Å². The van der Waals surface area contributed by atoms with Gasteiger partial charge in [0.15, 0.2) is 0 Å². The predicted molar refractivity (Wildman–Crippen MR) is 68.9 cm³/mol. The summed E-state index contributed by atoms with van der Waals surface area (Å²) in [4.78, 5) is 4.60. The number of hydrogen-bond donors (Lipinski definition) is 1. The van der Waals surface area contributed by atoms with Gasteiger partial charge in [0.25, 0.3) is 0 Å². The molecule has 2 rings (SSSR count). The zero-order valence-corrected chi connectivity index (χ0v) is 10.3. The van der Waals surface area contributed by atoms with Gasteiger partial charge in [0.1, 0.15) is 0 Å². The molecule has 1 unspecified atom stereocenters. The zero-order valence-electron chi connectivity index (χ0n) is 9.50. The van der Waals surface area contributed by atoms with Gasteiger partial charge in [-0.15, -0.1) is 0 Å². The lowest BCUT2D eigenvalue weighted by Crippen LogP contribution is -2.31. The molecule has 2 aliphatic rings. The van der Waals surface area contributed by atoms with Crippen molar-refractivity contribution in [1.29, 1.82) is 0 Å². The van der Waals surface area contributed by atoms with E-state index in [1.165, 1.54) is 56.5 Å². The van der Waals surface area contributed by atoms with Crippen LogP contribution in [-0.2, 0) is 0 Å². The van der Waals surface area contributed by atoms with Gasteiger partial charge in [0.2, 0.25) is 0 Å². The molecule has 0 saturated carbocycles. The molecule has 2 heterocycles. The predicted octanol–water partition coefficient (Wildman–Crippen LogP) is 2.83. The van der Waals surface area contributed by atoms with Gasteiger partial charge in [-0.3, -0.25) is 4.99 Å². The first-order valence-electron chi connectivity index (χ1n) is 6.34. The van der Waals surface area contributed by atoms with Crippen molar-refractivity contribution in [1.82, 2.24) is 5.32 Å². The van der Waals surface area contributed by atoms with E-state index in [0.717, 1.165) is 18.3 Å². The van der Waals surface area contributed by atoms with Gasteiger partial charge in [0, 0.05) is 24.8 Å². The number of amidine groups is 1. The average molecular weight is 226 g/mol. The molecule has 0 amide bonds. The molecule has 1 fully saturated rings. The molecule has 0 aromatic rings. The molecule has 0 radical (unpaired) electrons. The second-order valence-corrected chi connectivity index (χ2v) is 5.92. The van der Waals surface area contributed by atoms with E-state index in [-0.39, 0.29) is 0 Å². The van der Waals surface area contributed by atoms with Crippen molar-refractivity contribution in [2.45, 2.75) is 50.2 Å². The molecule has 0 bridgehead atoms. The molecule has 1 N–H and O–H groups in total. The van der Waals surface area contributed by atoms with Crippen LogP contribution in [0.2, 0.25) is 0 Å². The van der Waals surface area contributed by atoms with Crippen molar-refractivity contribution < 1.29 is 0 Å². The number of nitrogens with one attached hydrogen (secondary N) is 1. The zero-order chi connectivity index (χ0) is 10.3. The van der Waals surface area contributed by atoms with Crippen LogP contribution >= 0.6 is 11.8 Å². The fourth-order valence-corrected chi connectivity index (χ4v) is 3.46. The molecule has 1 atom stereocenters. The van der Waals surface area contributed by atoms with Crippen molar-refractivity contribution in [3.05, 3.63) is 0 Å². The van der Waals surface area contributed by atoms with Crippen molar-refractivity contribution in [2.75, 3.05) is 18.8 Å². The van der Waals surface area contributed by atoms with Crippen LogP contribution in [0.5, 0.6) is 0 Å². The van der Waals surface area contributed by atoms with E-state index < -0.39 is 0 Å². The maximum atomic E-state index is 4.60. The number of nitrogens with zero attached hydrogens (tertiary/aromatic N) is 1. The van der Waals surface area contributed by atoms with Crippen LogP contribution < -0.4 is 5.32 Å². The minimum atomic E-state index is 0.838. The van der Waals surface area contributed by atoms with Crippen LogP contribution in [0, 0.1) is 0 Å². The summed E-state index contributed by atoms with van der Waals surface area (Å²) in [6.45, 7) is 2.18. The number of hydrogen-bond acceptors (Lipinski definition) is 3. The standard InChI is InChI=1S/C12H22N2S/c1-2-7-12(13-8-4-1)14-10-11-6-3-5-9-15-11/h11H,1-10H2,(H,13,14). The summed E-state index contributed by atoms with van der Waals surface area (Å²) >= 11 is 2.14. The molecule has 0 spiro atoms. The van der Waals surface area contributed by atoms with Gasteiger partial charge in [-0.05, 0) is 31.4 Å². The van der Waals surface area contributed by atoms with Gasteiger partial charge in [0.05, 0.1) is 5.84 Å². The second kappa shape index (κ2) is 6.41. The molecule has 2 nitrogen and oxygen atoms in total. The molecular weight excluding hydrogens is 204 g/mol. The Morgan fingerprint density at radius 2 is 2.20 bits per heavy atom. The minimum Gasteiger partial charge on any atom is -0.373 e. The van der Waals surface area contributed by atoms with Crippen LogP contribution in [0.4, 0.5) is 0 Å². The lowest BCUT2D eigenvalue weighted by Gasteiger charge is -2.22. The van der Waals surface area contributed by atoms with Crippen LogP contribution in [0.15, 0.2) is 4.99 Å². The van der Waals surface area contributed by atoms with E-state index in [4.69, 9.17) is 0 Å². The summed E-state index contributed by atoms with van der Waals surface area (Å²) in [5, 5.41) is 4.40. The third-order valence-corrected chi connectivity index (χ3v) is 4.58. The smallest absolute Gasteiger partial charge is 0.0963 e. The van der Waals surface area contributed by atoms with Gasteiger partial charge in [-0.2, -0.15) is 11.8 Å². The van der Waals surface area contributed by atoms with Crippen molar-refractivity contribution in [2.24, 2.45) is 4.99 Å². The van der Waals surface area contributed by atoms with E-state index in [9.17, 15) is 0 Å². The van der Waals surface area contributed by atoms with Gasteiger partial charge in [-0.25, -0.2) is 0 Å². The fraction of sp³-hybridized carbons (Fsp3) is 0.917. The Bertz CT molecular complexity index is 210. The topological polar surface area (TPSA) is 24.4 Å². The number of aliphatic imine (C=N–C) groups is 1. The van der Waals surface area contributed by atoms with Gasteiger partial charge >= 0.3 is 0 Å². The highest BCUT2D eigenvalue weighted by Gasteiger charge is 2.14. The van der Waals surface area contributed by atoms with E-state index >= 15 is 0 Å². The molecular formula is C12H22N2S. The molecule has 86 valence electrons. The van der Waals surface area contributed by atoms with E-state index in [0.29, 0.717) is 0 Å². The Hall–Kier alpha value is -0.180. The Labute approximate surface area is 97.3 Å². The minimum absolute atomic E-state index is 0.838. The SMILES string of the molecule is C1CCN=C(NCC2CCCCS2)CC1. The first kappa shape index (κ1) is 11.3. The van der Waals surface area contributed by atoms with Crippen LogP contribution in [-0.4, -0.2) is 29.9 Å². The highest BCUT2D eigenvalue weighted by atomic mass is 32.2. The molecule has 1 saturated heterocycles. The summed E-state index contributed by atoms with van der Waals surface area (Å²) in [5.41, 5.74) is 0. The number of thioether (sulfide) groups is 1. The van der Waals surface area contributed by atoms with Crippen molar-refractivity contribution in [3.8, 4) is 0 Å². The van der Waals surface area contributed by atoms with E-state index in [1.807, 2.05) is 0 Å². The lowest BCUT2D eigenvalue weighted by molar-refractivity contribution is 0.645. The molecule has 3 heteroatoms. The maximum absolute atomic E-state index is 4.60. The summed E-state index contributed by atoms with van der Waals surface area (Å²) in [5.74, 6) is 2.64. The first-order chi connectivity index (χ1) is 7.45. The third-order valence-electron chi connectivity index (χ3n) is 3.18. The first-order valence-corrected chi connectivity index (χ1v) is 7.39. The van der Waals surface area contributed by atoms with Crippen molar-refractivity contribution >= 4 is 17.6 Å². The van der Waals surface area contributed by atoms with Gasteiger partial charge < -0.3 is 5.32 Å². The Morgan fingerprint density at radius 1 is 1.20 bits per heavy atom. The Balaban J connectivity index is 1.69. The third kappa shape index (κ3) is 4.06. The molecule has 0 aliphatic carbocycles. The van der Waals surface area contributed by atoms with E-state index in [1.54, 1.807) is 0 Å². The average Bonchev–Trinajstić information content (AvgIpc) is 2.56. The summed E-state index contributed by atoms with van der Waals surface area (Å²) in [6, 6.07) is 0. The quantitative estimate of drug-likeness (QED) is 0.783. The van der Waals surface area contributed by atoms with Crippen molar-refractivity contribution in [3.63, 3.8) is 0 Å². The Kier molecular flexibility index (Phi) is 4.84. The molecule has 0 aromatic heterocycles. The fourth-order valence-electron chi connectivity index (χ4n) is 2.22. The summed E-state index contributed by atoms with van der Waals surface area (Å²) in [6.07, 6.45) is 9.37. The highest BCUT2D eigenvalue weighted by Crippen LogP contribution is 2.24. The lowest BCUT2D eigenvalue weighted by atomic mass is 10.2. The van der Waals surface area contributed by atoms with E-state index in [2.05, 4.69) is 22.1 Å². The second-order valence-electron chi connectivity index (χ2n) is 4.51. The molecule has 15 heavy (non-hydrogen) atoms. The largest absolute Gasteiger partial charge is 0.373 e. The van der Waals surface area contributed by atoms with Crippen LogP contribution in [0.25, 0.3) is 0 Å². The summed E-state index contributed by atoms with van der Waals surface area (Å²) < 4.78 is 0. The highest BCUT2D eigenvalue weighted by molar-refractivity contribution is 7.99. The van der Waals surface area contributed by atoms with Crippen LogP contribution in [0.1, 0.15) is 44.9 Å². The number of rotatable bonds is 2. The van der Waals surface area contributed by atoms with Gasteiger partial charge in [-0.1, -0.05) is 12.8 Å². The Morgan fingerprint density at radius 3 is 3.07 bits per heavy atom. The molecule has 0 aromatic carbocycles.